The number of carbonyl (C=O) groups excluding carboxylic acids is 1. The Morgan fingerprint density at radius 1 is 1.38 bits per heavy atom. The summed E-state index contributed by atoms with van der Waals surface area (Å²) < 4.78 is 0. The van der Waals surface area contributed by atoms with Crippen molar-refractivity contribution in [3.8, 4) is 0 Å². The van der Waals surface area contributed by atoms with Gasteiger partial charge < -0.3 is 11.1 Å². The van der Waals surface area contributed by atoms with E-state index in [0.717, 1.165) is 57.6 Å². The number of hydrogen-bond donors (Lipinski definition) is 2. The number of hydrogen-bond acceptors (Lipinski definition) is 4. The molecule has 0 aliphatic carbocycles. The van der Waals surface area contributed by atoms with E-state index in [1.54, 1.807) is 0 Å². The van der Waals surface area contributed by atoms with E-state index in [0.29, 0.717) is 12.5 Å². The average Bonchev–Trinajstić information content (AvgIpc) is 2.49. The molecule has 2 rings (SSSR count). The molecule has 3 N–H and O–H groups in total. The van der Waals surface area contributed by atoms with Crippen LogP contribution in [0.15, 0.2) is 24.4 Å². The minimum Gasteiger partial charge on any atom is -0.370 e. The molecule has 21 heavy (non-hydrogen) atoms. The van der Waals surface area contributed by atoms with Gasteiger partial charge in [-0.05, 0) is 31.5 Å². The number of carbonyl (C=O) groups is 1. The number of pyridine rings is 1. The van der Waals surface area contributed by atoms with Crippen molar-refractivity contribution in [2.75, 3.05) is 26.2 Å². The van der Waals surface area contributed by atoms with Gasteiger partial charge in [-0.25, -0.2) is 0 Å². The highest BCUT2D eigenvalue weighted by Crippen LogP contribution is 2.11. The molecular weight excluding hydrogens is 264 g/mol. The lowest BCUT2D eigenvalue weighted by molar-refractivity contribution is -0.118. The Labute approximate surface area is 126 Å². The van der Waals surface area contributed by atoms with Crippen LogP contribution >= 0.6 is 0 Å². The van der Waals surface area contributed by atoms with Gasteiger partial charge in [0.15, 0.2) is 0 Å². The quantitative estimate of drug-likeness (QED) is 0.699. The number of amides is 1. The van der Waals surface area contributed by atoms with Gasteiger partial charge in [0.2, 0.25) is 5.91 Å². The summed E-state index contributed by atoms with van der Waals surface area (Å²) in [7, 11) is 0. The lowest BCUT2D eigenvalue weighted by Crippen LogP contribution is -2.52. The van der Waals surface area contributed by atoms with E-state index in [1.807, 2.05) is 18.3 Å². The molecule has 1 aliphatic rings. The fourth-order valence-electron chi connectivity index (χ4n) is 2.85. The third-order valence-electron chi connectivity index (χ3n) is 4.01. The number of nitrogens with zero attached hydrogens (tertiary/aromatic N) is 2. The lowest BCUT2D eigenvalue weighted by atomic mass is 10.1. The van der Waals surface area contributed by atoms with Gasteiger partial charge in [-0.2, -0.15) is 0 Å². The molecule has 116 valence electrons. The molecule has 0 spiro atoms. The summed E-state index contributed by atoms with van der Waals surface area (Å²) in [6.07, 6.45) is 6.48. The van der Waals surface area contributed by atoms with Crippen LogP contribution in [0.1, 0.15) is 31.4 Å². The first-order valence-corrected chi connectivity index (χ1v) is 7.88. The third-order valence-corrected chi connectivity index (χ3v) is 4.01. The molecule has 0 saturated carbocycles. The van der Waals surface area contributed by atoms with E-state index in [4.69, 9.17) is 5.73 Å². The predicted octanol–water partition coefficient (Wildman–Crippen LogP) is 0.944. The second kappa shape index (κ2) is 8.74. The molecule has 0 radical (unpaired) electrons. The maximum Gasteiger partial charge on any atom is 0.217 e. The molecule has 1 saturated heterocycles. The summed E-state index contributed by atoms with van der Waals surface area (Å²) in [4.78, 5) is 17.7. The van der Waals surface area contributed by atoms with Crippen molar-refractivity contribution in [2.24, 2.45) is 5.73 Å². The first-order valence-electron chi connectivity index (χ1n) is 7.88. The zero-order chi connectivity index (χ0) is 14.9. The molecule has 2 heterocycles. The van der Waals surface area contributed by atoms with E-state index >= 15 is 0 Å². The molecule has 0 aromatic carbocycles. The van der Waals surface area contributed by atoms with E-state index < -0.39 is 0 Å². The Balaban J connectivity index is 1.75. The number of piperazine rings is 1. The van der Waals surface area contributed by atoms with E-state index in [1.165, 1.54) is 0 Å². The van der Waals surface area contributed by atoms with Crippen LogP contribution in [0.25, 0.3) is 0 Å². The van der Waals surface area contributed by atoms with Crippen LogP contribution in [0.4, 0.5) is 0 Å². The van der Waals surface area contributed by atoms with Crippen LogP contribution in [-0.4, -0.2) is 48.0 Å². The van der Waals surface area contributed by atoms with Gasteiger partial charge >= 0.3 is 0 Å². The van der Waals surface area contributed by atoms with Crippen LogP contribution in [0.2, 0.25) is 0 Å². The van der Waals surface area contributed by atoms with Gasteiger partial charge in [0, 0.05) is 50.4 Å². The van der Waals surface area contributed by atoms with Crippen molar-refractivity contribution >= 4 is 5.91 Å². The van der Waals surface area contributed by atoms with Gasteiger partial charge in [0.05, 0.1) is 0 Å². The van der Waals surface area contributed by atoms with Crippen LogP contribution in [0.5, 0.6) is 0 Å². The standard InChI is InChI=1S/C16H26N4O/c17-16(21)7-2-1-5-10-20-11-9-18-13-15(20)12-14-6-3-4-8-19-14/h3-4,6,8,15,18H,1-2,5,7,9-13H2,(H2,17,21). The topological polar surface area (TPSA) is 71.2 Å². The van der Waals surface area contributed by atoms with Crippen LogP contribution in [0.3, 0.4) is 0 Å². The van der Waals surface area contributed by atoms with Gasteiger partial charge in [0.1, 0.15) is 0 Å². The Morgan fingerprint density at radius 3 is 3.05 bits per heavy atom. The van der Waals surface area contributed by atoms with Crippen molar-refractivity contribution in [3.05, 3.63) is 30.1 Å². The fourth-order valence-corrected chi connectivity index (χ4v) is 2.85. The minimum atomic E-state index is -0.190. The van der Waals surface area contributed by atoms with Crippen molar-refractivity contribution in [1.82, 2.24) is 15.2 Å². The molecule has 1 aromatic rings. The first kappa shape index (κ1) is 15.9. The molecule has 1 aromatic heterocycles. The zero-order valence-electron chi connectivity index (χ0n) is 12.6. The number of nitrogens with two attached hydrogens (primary N) is 1. The fraction of sp³-hybridized carbons (Fsp3) is 0.625. The molecule has 0 bridgehead atoms. The smallest absolute Gasteiger partial charge is 0.217 e. The van der Waals surface area contributed by atoms with E-state index in [2.05, 4.69) is 21.3 Å². The number of aromatic nitrogens is 1. The zero-order valence-corrected chi connectivity index (χ0v) is 12.6. The summed E-state index contributed by atoms with van der Waals surface area (Å²) in [6.45, 7) is 4.27. The summed E-state index contributed by atoms with van der Waals surface area (Å²) >= 11 is 0. The van der Waals surface area contributed by atoms with Gasteiger partial charge in [-0.15, -0.1) is 0 Å². The predicted molar refractivity (Wildman–Crippen MR) is 83.8 cm³/mol. The maximum absolute atomic E-state index is 10.7. The minimum absolute atomic E-state index is 0.190. The molecule has 1 aliphatic heterocycles. The van der Waals surface area contributed by atoms with Crippen molar-refractivity contribution in [2.45, 2.75) is 38.1 Å². The van der Waals surface area contributed by atoms with Gasteiger partial charge in [-0.3, -0.25) is 14.7 Å². The Bertz CT molecular complexity index is 424. The monoisotopic (exact) mass is 290 g/mol. The normalized spacial score (nSPS) is 19.5. The van der Waals surface area contributed by atoms with Crippen LogP contribution in [-0.2, 0) is 11.2 Å². The first-order chi connectivity index (χ1) is 10.3. The van der Waals surface area contributed by atoms with Crippen molar-refractivity contribution in [3.63, 3.8) is 0 Å². The Morgan fingerprint density at radius 2 is 2.29 bits per heavy atom. The van der Waals surface area contributed by atoms with E-state index in [-0.39, 0.29) is 5.91 Å². The molecule has 1 amide bonds. The number of nitrogens with one attached hydrogen (secondary N) is 1. The Hall–Kier alpha value is -1.46. The Kier molecular flexibility index (Phi) is 6.63. The van der Waals surface area contributed by atoms with Crippen molar-refractivity contribution < 1.29 is 4.79 Å². The highest BCUT2D eigenvalue weighted by Gasteiger charge is 2.22. The van der Waals surface area contributed by atoms with Crippen LogP contribution in [0, 0.1) is 0 Å². The maximum atomic E-state index is 10.7. The largest absolute Gasteiger partial charge is 0.370 e. The number of primary amides is 1. The average molecular weight is 290 g/mol. The number of unbranched alkanes of at least 4 members (excludes halogenated alkanes) is 2. The van der Waals surface area contributed by atoms with Crippen molar-refractivity contribution in [1.29, 1.82) is 0 Å². The lowest BCUT2D eigenvalue weighted by Gasteiger charge is -2.36. The molecule has 5 nitrogen and oxygen atoms in total. The SMILES string of the molecule is NC(=O)CCCCCN1CCNCC1Cc1ccccn1. The number of rotatable bonds is 8. The van der Waals surface area contributed by atoms with E-state index in [9.17, 15) is 4.79 Å². The molecule has 1 unspecified atom stereocenters. The summed E-state index contributed by atoms with van der Waals surface area (Å²) in [5, 5.41) is 3.47. The molecule has 1 fully saturated rings. The van der Waals surface area contributed by atoms with Gasteiger partial charge in [-0.1, -0.05) is 12.5 Å². The summed E-state index contributed by atoms with van der Waals surface area (Å²) in [5.41, 5.74) is 6.32. The second-order valence-electron chi connectivity index (χ2n) is 5.70. The molecule has 5 heteroatoms. The third kappa shape index (κ3) is 5.81. The second-order valence-corrected chi connectivity index (χ2v) is 5.70. The van der Waals surface area contributed by atoms with Crippen LogP contribution < -0.4 is 11.1 Å². The highest BCUT2D eigenvalue weighted by atomic mass is 16.1. The highest BCUT2D eigenvalue weighted by molar-refractivity contribution is 5.73. The van der Waals surface area contributed by atoms with Gasteiger partial charge in [0.25, 0.3) is 0 Å². The molecule has 1 atom stereocenters. The summed E-state index contributed by atoms with van der Waals surface area (Å²) in [6, 6.07) is 6.62. The molecular formula is C16H26N4O. The summed E-state index contributed by atoms with van der Waals surface area (Å²) in [5.74, 6) is -0.190.